The molecule has 1 aliphatic rings. The fourth-order valence-electron chi connectivity index (χ4n) is 3.12. The van der Waals surface area contributed by atoms with E-state index in [0.717, 1.165) is 6.42 Å². The Kier molecular flexibility index (Phi) is 7.10. The van der Waals surface area contributed by atoms with E-state index in [-0.39, 0.29) is 31.4 Å². The molecule has 0 aliphatic carbocycles. The molecule has 1 aromatic carbocycles. The normalized spacial score (nSPS) is 17.1. The van der Waals surface area contributed by atoms with E-state index in [1.807, 2.05) is 6.92 Å². The van der Waals surface area contributed by atoms with E-state index < -0.39 is 17.7 Å². The Morgan fingerprint density at radius 3 is 2.52 bits per heavy atom. The van der Waals surface area contributed by atoms with Crippen LogP contribution < -0.4 is 5.32 Å². The highest BCUT2D eigenvalue weighted by atomic mass is 19.1. The molecule has 0 fully saturated rings. The van der Waals surface area contributed by atoms with E-state index in [9.17, 15) is 18.8 Å². The van der Waals surface area contributed by atoms with Gasteiger partial charge in [0.25, 0.3) is 0 Å². The van der Waals surface area contributed by atoms with E-state index in [2.05, 4.69) is 5.32 Å². The van der Waals surface area contributed by atoms with Crippen molar-refractivity contribution in [3.63, 3.8) is 0 Å². The average molecular weight is 376 g/mol. The van der Waals surface area contributed by atoms with Gasteiger partial charge in [-0.05, 0) is 38.0 Å². The van der Waals surface area contributed by atoms with Crippen LogP contribution in [0.3, 0.4) is 0 Å². The van der Waals surface area contributed by atoms with Crippen LogP contribution in [0.15, 0.2) is 35.5 Å². The highest BCUT2D eigenvalue weighted by Gasteiger charge is 2.37. The largest absolute Gasteiger partial charge is 0.463 e. The number of carbonyl (C=O) groups is 3. The molecular weight excluding hydrogens is 351 g/mol. The van der Waals surface area contributed by atoms with E-state index in [0.29, 0.717) is 23.4 Å². The highest BCUT2D eigenvalue weighted by Crippen LogP contribution is 2.37. The van der Waals surface area contributed by atoms with Crippen molar-refractivity contribution < 1.29 is 23.5 Å². The van der Waals surface area contributed by atoms with Gasteiger partial charge in [-0.3, -0.25) is 9.59 Å². The second-order valence-electron chi connectivity index (χ2n) is 6.36. The molecule has 1 aromatic rings. The molecular formula is C20H25FN2O4. The number of hydrogen-bond donors (Lipinski definition) is 1. The number of nitrogens with one attached hydrogen (secondary N) is 1. The number of halogens is 1. The third-order valence-electron chi connectivity index (χ3n) is 4.46. The van der Waals surface area contributed by atoms with Crippen molar-refractivity contribution >= 4 is 17.8 Å². The summed E-state index contributed by atoms with van der Waals surface area (Å²) in [4.78, 5) is 38.6. The molecule has 0 saturated carbocycles. The van der Waals surface area contributed by atoms with Crippen molar-refractivity contribution in [3.05, 3.63) is 46.9 Å². The molecule has 7 heteroatoms. The van der Waals surface area contributed by atoms with Crippen LogP contribution in [0.25, 0.3) is 0 Å². The van der Waals surface area contributed by atoms with Gasteiger partial charge in [0.1, 0.15) is 12.4 Å². The Bertz CT molecular complexity index is 743. The molecule has 0 saturated heterocycles. The van der Waals surface area contributed by atoms with Gasteiger partial charge in [0, 0.05) is 24.6 Å². The zero-order valence-electron chi connectivity index (χ0n) is 15.9. The SMILES string of the molecule is CCCNC(=O)CN1C(=O)CC(c2ccc(F)cc2)C(C(=O)OCC)=C1C. The summed E-state index contributed by atoms with van der Waals surface area (Å²) < 4.78 is 18.4. The number of nitrogens with zero attached hydrogens (tertiary/aromatic N) is 1. The summed E-state index contributed by atoms with van der Waals surface area (Å²) in [5, 5.41) is 2.73. The molecule has 1 N–H and O–H groups in total. The van der Waals surface area contributed by atoms with Gasteiger partial charge in [0.15, 0.2) is 0 Å². The first-order valence-electron chi connectivity index (χ1n) is 9.09. The quantitative estimate of drug-likeness (QED) is 0.742. The minimum atomic E-state index is -0.535. The van der Waals surface area contributed by atoms with Crippen molar-refractivity contribution in [2.75, 3.05) is 19.7 Å². The topological polar surface area (TPSA) is 75.7 Å². The summed E-state index contributed by atoms with van der Waals surface area (Å²) in [7, 11) is 0. The molecule has 0 bridgehead atoms. The first kappa shape index (κ1) is 20.6. The lowest BCUT2D eigenvalue weighted by Crippen LogP contribution is -2.44. The molecule has 0 aromatic heterocycles. The fraction of sp³-hybridized carbons (Fsp3) is 0.450. The van der Waals surface area contributed by atoms with Crippen LogP contribution in [0.2, 0.25) is 0 Å². The second kappa shape index (κ2) is 9.30. The Balaban J connectivity index is 2.39. The number of carbonyl (C=O) groups excluding carboxylic acids is 3. The molecule has 1 unspecified atom stereocenters. The van der Waals surface area contributed by atoms with Crippen LogP contribution in [-0.2, 0) is 19.1 Å². The third kappa shape index (κ3) is 4.93. The van der Waals surface area contributed by atoms with Crippen molar-refractivity contribution in [2.24, 2.45) is 0 Å². The summed E-state index contributed by atoms with van der Waals surface area (Å²) in [5.74, 6) is -2.01. The fourth-order valence-corrected chi connectivity index (χ4v) is 3.12. The van der Waals surface area contributed by atoms with Crippen LogP contribution in [0, 0.1) is 5.82 Å². The number of esters is 1. The van der Waals surface area contributed by atoms with Gasteiger partial charge in [-0.1, -0.05) is 19.1 Å². The van der Waals surface area contributed by atoms with Crippen LogP contribution in [-0.4, -0.2) is 42.4 Å². The van der Waals surface area contributed by atoms with Gasteiger partial charge in [0.2, 0.25) is 11.8 Å². The summed E-state index contributed by atoms with van der Waals surface area (Å²) in [6.45, 7) is 5.83. The van der Waals surface area contributed by atoms with E-state index >= 15 is 0 Å². The summed E-state index contributed by atoms with van der Waals surface area (Å²) in [5.41, 5.74) is 1.37. The van der Waals surface area contributed by atoms with Gasteiger partial charge in [-0.15, -0.1) is 0 Å². The Hall–Kier alpha value is -2.70. The minimum absolute atomic E-state index is 0.0121. The molecule has 1 atom stereocenters. The Morgan fingerprint density at radius 1 is 1.26 bits per heavy atom. The van der Waals surface area contributed by atoms with Crippen LogP contribution in [0.5, 0.6) is 0 Å². The number of benzene rings is 1. The van der Waals surface area contributed by atoms with Crippen LogP contribution in [0.4, 0.5) is 4.39 Å². The predicted molar refractivity (Wildman–Crippen MR) is 98.1 cm³/mol. The van der Waals surface area contributed by atoms with Gasteiger partial charge >= 0.3 is 5.97 Å². The monoisotopic (exact) mass is 376 g/mol. The Morgan fingerprint density at radius 2 is 1.93 bits per heavy atom. The number of rotatable bonds is 7. The molecule has 2 amide bonds. The first-order chi connectivity index (χ1) is 12.9. The van der Waals surface area contributed by atoms with E-state index in [1.54, 1.807) is 26.0 Å². The predicted octanol–water partition coefficient (Wildman–Crippen LogP) is 2.50. The smallest absolute Gasteiger partial charge is 0.336 e. The van der Waals surface area contributed by atoms with Gasteiger partial charge in [-0.25, -0.2) is 9.18 Å². The zero-order valence-corrected chi connectivity index (χ0v) is 15.9. The summed E-state index contributed by atoms with van der Waals surface area (Å²) >= 11 is 0. The first-order valence-corrected chi connectivity index (χ1v) is 9.09. The van der Waals surface area contributed by atoms with Crippen molar-refractivity contribution in [3.8, 4) is 0 Å². The number of ether oxygens (including phenoxy) is 1. The van der Waals surface area contributed by atoms with E-state index in [1.165, 1.54) is 17.0 Å². The maximum absolute atomic E-state index is 13.3. The molecule has 6 nitrogen and oxygen atoms in total. The summed E-state index contributed by atoms with van der Waals surface area (Å²) in [6.07, 6.45) is 0.799. The standard InChI is InChI=1S/C20H25FN2O4/c1-4-10-22-17(24)12-23-13(3)19(20(26)27-5-2)16(11-18(23)25)14-6-8-15(21)9-7-14/h6-9,16H,4-5,10-12H2,1-3H3,(H,22,24). The lowest BCUT2D eigenvalue weighted by molar-refractivity contribution is -0.141. The maximum atomic E-state index is 13.3. The van der Waals surface area contributed by atoms with Crippen molar-refractivity contribution in [1.29, 1.82) is 0 Å². The molecule has 2 rings (SSSR count). The minimum Gasteiger partial charge on any atom is -0.463 e. The summed E-state index contributed by atoms with van der Waals surface area (Å²) in [6, 6.07) is 5.71. The molecule has 1 heterocycles. The molecule has 146 valence electrons. The molecule has 27 heavy (non-hydrogen) atoms. The van der Waals surface area contributed by atoms with Crippen LogP contribution in [0.1, 0.15) is 45.1 Å². The van der Waals surface area contributed by atoms with Crippen molar-refractivity contribution in [2.45, 2.75) is 39.5 Å². The number of hydrogen-bond acceptors (Lipinski definition) is 4. The van der Waals surface area contributed by atoms with Gasteiger partial charge in [0.05, 0.1) is 12.2 Å². The number of amides is 2. The second-order valence-corrected chi connectivity index (χ2v) is 6.36. The molecule has 0 radical (unpaired) electrons. The zero-order chi connectivity index (χ0) is 20.0. The van der Waals surface area contributed by atoms with E-state index in [4.69, 9.17) is 4.74 Å². The maximum Gasteiger partial charge on any atom is 0.336 e. The Labute approximate surface area is 158 Å². The molecule has 1 aliphatic heterocycles. The van der Waals surface area contributed by atoms with Gasteiger partial charge in [-0.2, -0.15) is 0 Å². The lowest BCUT2D eigenvalue weighted by atomic mass is 9.83. The third-order valence-corrected chi connectivity index (χ3v) is 4.46. The van der Waals surface area contributed by atoms with Crippen molar-refractivity contribution in [1.82, 2.24) is 10.2 Å². The highest BCUT2D eigenvalue weighted by molar-refractivity contribution is 5.97. The lowest BCUT2D eigenvalue weighted by Gasteiger charge is -2.34. The van der Waals surface area contributed by atoms with Gasteiger partial charge < -0.3 is 15.0 Å². The van der Waals surface area contributed by atoms with Crippen LogP contribution >= 0.6 is 0 Å². The average Bonchev–Trinajstić information content (AvgIpc) is 2.63. The molecule has 0 spiro atoms. The number of allylic oxidation sites excluding steroid dienone is 1.